The monoisotopic (exact) mass is 557 g/mol. The molecule has 10 heteroatoms. The molecule has 3 aromatic rings. The highest BCUT2D eigenvalue weighted by Gasteiger charge is 2.41. The summed E-state index contributed by atoms with van der Waals surface area (Å²) in [6, 6.07) is 8.90. The van der Waals surface area contributed by atoms with Gasteiger partial charge in [-0.2, -0.15) is 5.10 Å². The van der Waals surface area contributed by atoms with Crippen LogP contribution in [0.3, 0.4) is 0 Å². The van der Waals surface area contributed by atoms with Gasteiger partial charge in [0.1, 0.15) is 11.6 Å². The van der Waals surface area contributed by atoms with Gasteiger partial charge in [0.15, 0.2) is 0 Å². The third-order valence-corrected chi connectivity index (χ3v) is 8.42. The van der Waals surface area contributed by atoms with E-state index >= 15 is 0 Å². The van der Waals surface area contributed by atoms with Crippen LogP contribution in [0.25, 0.3) is 10.8 Å². The number of hydrogen-bond acceptors (Lipinski definition) is 6. The SMILES string of the molecule is CC(C)(C)OC(=O)N1CCC(C)(n2cc(Cc3ccc4c5c(cccc35)C(=O)N4C3CCC(=O)NC3=O)cn2)CC1. The summed E-state index contributed by atoms with van der Waals surface area (Å²) in [6.07, 6.45) is 6.37. The van der Waals surface area contributed by atoms with Crippen LogP contribution in [0, 0.1) is 0 Å². The molecular weight excluding hydrogens is 522 g/mol. The van der Waals surface area contributed by atoms with Crippen molar-refractivity contribution in [3.63, 3.8) is 0 Å². The predicted octanol–water partition coefficient (Wildman–Crippen LogP) is 4.14. The van der Waals surface area contributed by atoms with E-state index in [2.05, 4.69) is 18.4 Å². The van der Waals surface area contributed by atoms with E-state index in [1.165, 1.54) is 0 Å². The van der Waals surface area contributed by atoms with Crippen LogP contribution in [0.5, 0.6) is 0 Å². The number of carbonyl (C=O) groups excluding carboxylic acids is 4. The van der Waals surface area contributed by atoms with E-state index in [1.807, 2.05) is 55.9 Å². The molecule has 0 saturated carbocycles. The van der Waals surface area contributed by atoms with Crippen LogP contribution in [0.1, 0.15) is 74.9 Å². The molecule has 2 fully saturated rings. The molecular formula is C31H35N5O5. The van der Waals surface area contributed by atoms with Crippen LogP contribution in [-0.4, -0.2) is 63.2 Å². The number of carbonyl (C=O) groups is 4. The van der Waals surface area contributed by atoms with Gasteiger partial charge in [0.2, 0.25) is 11.8 Å². The first kappa shape index (κ1) is 27.0. The number of nitrogens with one attached hydrogen (secondary N) is 1. The Hall–Kier alpha value is -4.21. The summed E-state index contributed by atoms with van der Waals surface area (Å²) < 4.78 is 7.56. The van der Waals surface area contributed by atoms with Crippen molar-refractivity contribution in [1.82, 2.24) is 20.0 Å². The Bertz CT molecular complexity index is 1580. The molecule has 2 aromatic carbocycles. The molecule has 0 bridgehead atoms. The number of benzene rings is 2. The Balaban J connectivity index is 1.21. The smallest absolute Gasteiger partial charge is 0.410 e. The van der Waals surface area contributed by atoms with Crippen LogP contribution >= 0.6 is 0 Å². The van der Waals surface area contributed by atoms with Gasteiger partial charge in [0, 0.05) is 43.1 Å². The van der Waals surface area contributed by atoms with Crippen molar-refractivity contribution in [3.8, 4) is 0 Å². The van der Waals surface area contributed by atoms with Gasteiger partial charge < -0.3 is 9.64 Å². The fraction of sp³-hybridized carbons (Fsp3) is 0.452. The van der Waals surface area contributed by atoms with Crippen molar-refractivity contribution in [2.24, 2.45) is 0 Å². The van der Waals surface area contributed by atoms with Crippen molar-refractivity contribution in [2.45, 2.75) is 77.0 Å². The predicted molar refractivity (Wildman–Crippen MR) is 153 cm³/mol. The Labute approximate surface area is 238 Å². The Kier molecular flexibility index (Phi) is 6.39. The number of ether oxygens (including phenoxy) is 1. The van der Waals surface area contributed by atoms with Crippen molar-refractivity contribution < 1.29 is 23.9 Å². The third-order valence-electron chi connectivity index (χ3n) is 8.42. The lowest BCUT2D eigenvalue weighted by Crippen LogP contribution is -2.53. The largest absolute Gasteiger partial charge is 0.444 e. The molecule has 2 saturated heterocycles. The number of aromatic nitrogens is 2. The van der Waals surface area contributed by atoms with Crippen molar-refractivity contribution in [3.05, 3.63) is 59.4 Å². The number of piperidine rings is 2. The zero-order valence-electron chi connectivity index (χ0n) is 23.9. The molecule has 1 aromatic heterocycles. The molecule has 214 valence electrons. The second-order valence-electron chi connectivity index (χ2n) is 12.5. The number of hydrogen-bond donors (Lipinski definition) is 1. The Morgan fingerprint density at radius 3 is 2.59 bits per heavy atom. The van der Waals surface area contributed by atoms with E-state index in [1.54, 1.807) is 15.9 Å². The van der Waals surface area contributed by atoms with Gasteiger partial charge in [-0.1, -0.05) is 18.2 Å². The lowest BCUT2D eigenvalue weighted by molar-refractivity contribution is -0.134. The summed E-state index contributed by atoms with van der Waals surface area (Å²) in [5.74, 6) is -0.952. The van der Waals surface area contributed by atoms with Gasteiger partial charge in [-0.25, -0.2) is 4.79 Å². The van der Waals surface area contributed by atoms with E-state index in [9.17, 15) is 19.2 Å². The summed E-state index contributed by atoms with van der Waals surface area (Å²) in [4.78, 5) is 53.6. The van der Waals surface area contributed by atoms with E-state index in [-0.39, 0.29) is 29.9 Å². The first-order chi connectivity index (χ1) is 19.4. The van der Waals surface area contributed by atoms with Crippen molar-refractivity contribution in [2.75, 3.05) is 18.0 Å². The minimum Gasteiger partial charge on any atom is -0.444 e. The molecule has 4 amide bonds. The fourth-order valence-electron chi connectivity index (χ4n) is 6.15. The zero-order valence-corrected chi connectivity index (χ0v) is 23.9. The van der Waals surface area contributed by atoms with Crippen LogP contribution in [0.2, 0.25) is 0 Å². The summed E-state index contributed by atoms with van der Waals surface area (Å²) in [7, 11) is 0. The topological polar surface area (TPSA) is 114 Å². The van der Waals surface area contributed by atoms with Crippen LogP contribution < -0.4 is 10.2 Å². The third kappa shape index (κ3) is 4.85. The van der Waals surface area contributed by atoms with Gasteiger partial charge >= 0.3 is 6.09 Å². The lowest BCUT2D eigenvalue weighted by Gasteiger charge is -2.39. The molecule has 1 N–H and O–H groups in total. The molecule has 1 unspecified atom stereocenters. The average molecular weight is 558 g/mol. The van der Waals surface area contributed by atoms with E-state index in [0.29, 0.717) is 37.2 Å². The summed E-state index contributed by atoms with van der Waals surface area (Å²) in [5, 5.41) is 8.89. The second-order valence-corrected chi connectivity index (χ2v) is 12.5. The van der Waals surface area contributed by atoms with Crippen molar-refractivity contribution in [1.29, 1.82) is 0 Å². The van der Waals surface area contributed by atoms with Crippen molar-refractivity contribution >= 4 is 40.3 Å². The maximum atomic E-state index is 13.4. The van der Waals surface area contributed by atoms with Crippen LogP contribution in [-0.2, 0) is 26.3 Å². The highest BCUT2D eigenvalue weighted by molar-refractivity contribution is 6.27. The maximum Gasteiger partial charge on any atom is 0.410 e. The van der Waals surface area contributed by atoms with Gasteiger partial charge in [0.05, 0.1) is 17.4 Å². The second kappa shape index (κ2) is 9.71. The Morgan fingerprint density at radius 1 is 1.12 bits per heavy atom. The molecule has 6 rings (SSSR count). The quantitative estimate of drug-likeness (QED) is 0.483. The first-order valence-corrected chi connectivity index (χ1v) is 14.2. The average Bonchev–Trinajstić information content (AvgIpc) is 3.50. The number of amides is 4. The molecule has 3 aliphatic heterocycles. The van der Waals surface area contributed by atoms with E-state index in [0.717, 1.165) is 34.7 Å². The molecule has 4 heterocycles. The van der Waals surface area contributed by atoms with Gasteiger partial charge in [-0.3, -0.25) is 29.3 Å². The molecule has 0 aliphatic carbocycles. The van der Waals surface area contributed by atoms with E-state index in [4.69, 9.17) is 9.84 Å². The van der Waals surface area contributed by atoms with E-state index < -0.39 is 17.6 Å². The summed E-state index contributed by atoms with van der Waals surface area (Å²) in [6.45, 7) is 9.00. The number of nitrogens with zero attached hydrogens (tertiary/aromatic N) is 4. The number of imide groups is 1. The highest BCUT2D eigenvalue weighted by Crippen LogP contribution is 2.41. The highest BCUT2D eigenvalue weighted by atomic mass is 16.6. The lowest BCUT2D eigenvalue weighted by atomic mass is 9.90. The molecule has 3 aliphatic rings. The molecule has 41 heavy (non-hydrogen) atoms. The molecule has 0 radical (unpaired) electrons. The van der Waals surface area contributed by atoms with Gasteiger partial charge in [0.25, 0.3) is 5.91 Å². The molecule has 0 spiro atoms. The summed E-state index contributed by atoms with van der Waals surface area (Å²) >= 11 is 0. The standard InChI is InChI=1S/C31H35N5O5/c1-30(2,3)41-29(40)34-14-12-31(4,13-15-34)35-18-19(17-32-35)16-20-8-9-23-26-21(20)6-5-7-22(26)28(39)36(23)24-10-11-25(37)33-27(24)38/h5-9,17-18,24H,10-16H2,1-4H3,(H,33,37,38). The normalized spacial score (nSPS) is 20.5. The van der Waals surface area contributed by atoms with Crippen LogP contribution in [0.4, 0.5) is 10.5 Å². The first-order valence-electron chi connectivity index (χ1n) is 14.2. The zero-order chi connectivity index (χ0) is 29.1. The van der Waals surface area contributed by atoms with Crippen LogP contribution in [0.15, 0.2) is 42.7 Å². The summed E-state index contributed by atoms with van der Waals surface area (Å²) in [5.41, 5.74) is 2.66. The minimum atomic E-state index is -0.706. The molecule has 10 nitrogen and oxygen atoms in total. The number of anilines is 1. The number of rotatable bonds is 4. The number of likely N-dealkylation sites (tertiary alicyclic amines) is 1. The van der Waals surface area contributed by atoms with Gasteiger partial charge in [-0.15, -0.1) is 0 Å². The minimum absolute atomic E-state index is 0.208. The maximum absolute atomic E-state index is 13.4. The Morgan fingerprint density at radius 2 is 1.88 bits per heavy atom. The fourth-order valence-corrected chi connectivity index (χ4v) is 6.15. The molecule has 1 atom stereocenters. The van der Waals surface area contributed by atoms with Gasteiger partial charge in [-0.05, 0) is 75.6 Å².